The van der Waals surface area contributed by atoms with Crippen LogP contribution < -0.4 is 5.32 Å². The van der Waals surface area contributed by atoms with Crippen LogP contribution in [-0.2, 0) is 4.79 Å². The molecule has 0 radical (unpaired) electrons. The van der Waals surface area contributed by atoms with Crippen LogP contribution in [0.3, 0.4) is 0 Å². The van der Waals surface area contributed by atoms with Crippen molar-refractivity contribution in [3.63, 3.8) is 0 Å². The van der Waals surface area contributed by atoms with E-state index in [-0.39, 0.29) is 11.4 Å². The van der Waals surface area contributed by atoms with E-state index in [2.05, 4.69) is 48.9 Å². The molecule has 24 heavy (non-hydrogen) atoms. The Hall–Kier alpha value is -1.10. The third-order valence-electron chi connectivity index (χ3n) is 5.04. The van der Waals surface area contributed by atoms with E-state index in [4.69, 9.17) is 11.6 Å². The minimum absolute atomic E-state index is 0.120. The fraction of sp³-hybridized carbons (Fsp3) is 0.632. The highest BCUT2D eigenvalue weighted by molar-refractivity contribution is 6.31. The highest BCUT2D eigenvalue weighted by Gasteiger charge is 2.25. The van der Waals surface area contributed by atoms with Crippen LogP contribution in [0.1, 0.15) is 45.7 Å². The molecule has 0 saturated carbocycles. The van der Waals surface area contributed by atoms with Gasteiger partial charge in [0.25, 0.3) is 0 Å². The molecule has 2 rings (SSSR count). The van der Waals surface area contributed by atoms with Crippen molar-refractivity contribution in [3.05, 3.63) is 34.9 Å². The second-order valence-electron chi connectivity index (χ2n) is 7.30. The first-order valence-corrected chi connectivity index (χ1v) is 9.22. The van der Waals surface area contributed by atoms with Crippen molar-refractivity contribution >= 4 is 17.5 Å². The second-order valence-corrected chi connectivity index (χ2v) is 7.70. The number of benzene rings is 1. The molecular formula is C19H30ClN3O. The number of piperazine rings is 1. The quantitative estimate of drug-likeness (QED) is 0.854. The topological polar surface area (TPSA) is 35.6 Å². The van der Waals surface area contributed by atoms with Crippen molar-refractivity contribution in [2.45, 2.75) is 45.7 Å². The van der Waals surface area contributed by atoms with Crippen molar-refractivity contribution in [3.8, 4) is 0 Å². The van der Waals surface area contributed by atoms with Gasteiger partial charge in [0.2, 0.25) is 5.91 Å². The van der Waals surface area contributed by atoms with Crippen LogP contribution in [0.15, 0.2) is 24.3 Å². The van der Waals surface area contributed by atoms with Crippen LogP contribution in [-0.4, -0.2) is 54.0 Å². The van der Waals surface area contributed by atoms with Gasteiger partial charge < -0.3 is 5.32 Å². The van der Waals surface area contributed by atoms with Gasteiger partial charge in [0.1, 0.15) is 0 Å². The van der Waals surface area contributed by atoms with E-state index >= 15 is 0 Å². The lowest BCUT2D eigenvalue weighted by atomic mass is 10.0. The first kappa shape index (κ1) is 19.2. The molecule has 1 heterocycles. The summed E-state index contributed by atoms with van der Waals surface area (Å²) in [6.45, 7) is 12.6. The van der Waals surface area contributed by atoms with Crippen molar-refractivity contribution in [2.75, 3.05) is 32.7 Å². The summed E-state index contributed by atoms with van der Waals surface area (Å²) in [6, 6.07) is 8.35. The van der Waals surface area contributed by atoms with Gasteiger partial charge in [-0.2, -0.15) is 0 Å². The Morgan fingerprint density at radius 2 is 1.88 bits per heavy atom. The molecule has 0 spiro atoms. The predicted molar refractivity (Wildman–Crippen MR) is 100 cm³/mol. The Labute approximate surface area is 151 Å². The second kappa shape index (κ2) is 8.32. The van der Waals surface area contributed by atoms with Gasteiger partial charge in [-0.25, -0.2) is 0 Å². The fourth-order valence-corrected chi connectivity index (χ4v) is 3.32. The summed E-state index contributed by atoms with van der Waals surface area (Å²) in [6.07, 6.45) is 0.932. The summed E-state index contributed by atoms with van der Waals surface area (Å²) in [5.74, 6) is 0.120. The van der Waals surface area contributed by atoms with E-state index in [1.165, 1.54) is 5.56 Å². The van der Waals surface area contributed by atoms with Crippen molar-refractivity contribution in [2.24, 2.45) is 0 Å². The monoisotopic (exact) mass is 351 g/mol. The third kappa shape index (κ3) is 5.20. The zero-order valence-corrected chi connectivity index (χ0v) is 16.1. The molecule has 0 aromatic heterocycles. The zero-order valence-electron chi connectivity index (χ0n) is 15.3. The first-order chi connectivity index (χ1) is 11.3. The summed E-state index contributed by atoms with van der Waals surface area (Å²) in [7, 11) is 0. The normalized spacial score (nSPS) is 18.4. The molecular weight excluding hydrogens is 322 g/mol. The fourth-order valence-electron chi connectivity index (χ4n) is 3.03. The molecule has 1 saturated heterocycles. The number of carbonyl (C=O) groups is 1. The van der Waals surface area contributed by atoms with E-state index < -0.39 is 0 Å². The number of hydrogen-bond donors (Lipinski definition) is 1. The van der Waals surface area contributed by atoms with Crippen molar-refractivity contribution < 1.29 is 4.79 Å². The number of nitrogens with zero attached hydrogens (tertiary/aromatic N) is 2. The molecule has 1 fully saturated rings. The van der Waals surface area contributed by atoms with Gasteiger partial charge in [0, 0.05) is 42.8 Å². The van der Waals surface area contributed by atoms with Gasteiger partial charge >= 0.3 is 0 Å². The Balaban J connectivity index is 1.83. The Bertz CT molecular complexity index is 553. The van der Waals surface area contributed by atoms with E-state index in [0.717, 1.165) is 37.6 Å². The number of amides is 1. The highest BCUT2D eigenvalue weighted by atomic mass is 35.5. The summed E-state index contributed by atoms with van der Waals surface area (Å²) in [5.41, 5.74) is 1.05. The molecule has 1 atom stereocenters. The summed E-state index contributed by atoms with van der Waals surface area (Å²) >= 11 is 6.32. The SMILES string of the molecule is CCC(C)(C)NC(=O)CN1CCN(C(C)c2ccccc2Cl)CC1. The van der Waals surface area contributed by atoms with Crippen LogP contribution in [0.4, 0.5) is 0 Å². The minimum Gasteiger partial charge on any atom is -0.350 e. The van der Waals surface area contributed by atoms with Gasteiger partial charge in [-0.05, 0) is 38.8 Å². The minimum atomic E-state index is -0.128. The summed E-state index contributed by atoms with van der Waals surface area (Å²) in [4.78, 5) is 16.9. The number of hydrogen-bond acceptors (Lipinski definition) is 3. The molecule has 1 aliphatic rings. The molecule has 1 aliphatic heterocycles. The summed E-state index contributed by atoms with van der Waals surface area (Å²) < 4.78 is 0. The number of carbonyl (C=O) groups excluding carboxylic acids is 1. The smallest absolute Gasteiger partial charge is 0.234 e. The van der Waals surface area contributed by atoms with E-state index in [9.17, 15) is 4.79 Å². The predicted octanol–water partition coefficient (Wildman–Crippen LogP) is 3.32. The molecule has 1 amide bonds. The van der Waals surface area contributed by atoms with Crippen LogP contribution in [0, 0.1) is 0 Å². The standard InChI is InChI=1S/C19H30ClN3O/c1-5-19(3,4)21-18(24)14-22-10-12-23(13-11-22)15(2)16-8-6-7-9-17(16)20/h6-9,15H,5,10-14H2,1-4H3,(H,21,24). The van der Waals surface area contributed by atoms with Crippen LogP contribution in [0.2, 0.25) is 5.02 Å². The van der Waals surface area contributed by atoms with Gasteiger partial charge in [-0.3, -0.25) is 14.6 Å². The maximum Gasteiger partial charge on any atom is 0.234 e. The maximum absolute atomic E-state index is 12.2. The van der Waals surface area contributed by atoms with Crippen molar-refractivity contribution in [1.29, 1.82) is 0 Å². The van der Waals surface area contributed by atoms with E-state index in [1.807, 2.05) is 18.2 Å². The molecule has 1 aromatic rings. The lowest BCUT2D eigenvalue weighted by Crippen LogP contribution is -2.52. The van der Waals surface area contributed by atoms with Gasteiger partial charge in [-0.15, -0.1) is 0 Å². The average Bonchev–Trinajstić information content (AvgIpc) is 2.55. The Kier molecular flexibility index (Phi) is 6.67. The lowest BCUT2D eigenvalue weighted by molar-refractivity contribution is -0.124. The molecule has 5 heteroatoms. The average molecular weight is 352 g/mol. The lowest BCUT2D eigenvalue weighted by Gasteiger charge is -2.38. The largest absolute Gasteiger partial charge is 0.350 e. The summed E-state index contributed by atoms with van der Waals surface area (Å²) in [5, 5.41) is 3.94. The molecule has 0 bridgehead atoms. The van der Waals surface area contributed by atoms with Crippen LogP contribution >= 0.6 is 11.6 Å². The molecule has 1 N–H and O–H groups in total. The number of nitrogens with one attached hydrogen (secondary N) is 1. The Morgan fingerprint density at radius 1 is 1.25 bits per heavy atom. The highest BCUT2D eigenvalue weighted by Crippen LogP contribution is 2.27. The van der Waals surface area contributed by atoms with Gasteiger partial charge in [0.05, 0.1) is 6.54 Å². The molecule has 1 aromatic carbocycles. The van der Waals surface area contributed by atoms with Gasteiger partial charge in [0.15, 0.2) is 0 Å². The van der Waals surface area contributed by atoms with Crippen LogP contribution in [0.5, 0.6) is 0 Å². The molecule has 134 valence electrons. The molecule has 4 nitrogen and oxygen atoms in total. The molecule has 1 unspecified atom stereocenters. The Morgan fingerprint density at radius 3 is 2.46 bits per heavy atom. The van der Waals surface area contributed by atoms with E-state index in [0.29, 0.717) is 12.6 Å². The first-order valence-electron chi connectivity index (χ1n) is 8.84. The number of rotatable bonds is 6. The molecule has 0 aliphatic carbocycles. The third-order valence-corrected chi connectivity index (χ3v) is 5.38. The number of halogens is 1. The van der Waals surface area contributed by atoms with Gasteiger partial charge in [-0.1, -0.05) is 36.7 Å². The zero-order chi connectivity index (χ0) is 17.7. The van der Waals surface area contributed by atoms with E-state index in [1.54, 1.807) is 0 Å². The van der Waals surface area contributed by atoms with Crippen LogP contribution in [0.25, 0.3) is 0 Å². The maximum atomic E-state index is 12.2. The van der Waals surface area contributed by atoms with Crippen molar-refractivity contribution in [1.82, 2.24) is 15.1 Å².